The first kappa shape index (κ1) is 32.0. The van der Waals surface area contributed by atoms with E-state index in [1.165, 1.54) is 76.4 Å². The zero-order valence-corrected chi connectivity index (χ0v) is 30.7. The molecule has 0 bridgehead atoms. The van der Waals surface area contributed by atoms with E-state index in [4.69, 9.17) is 0 Å². The predicted octanol–water partition coefficient (Wildman–Crippen LogP) is 15.0. The zero-order valence-electron chi connectivity index (χ0n) is 30.7. The number of nitrogens with zero attached hydrogens (tertiary/aromatic N) is 2. The highest BCUT2D eigenvalue weighted by Gasteiger charge is 2.18. The van der Waals surface area contributed by atoms with Gasteiger partial charge in [0.2, 0.25) is 0 Å². The monoisotopic (exact) mass is 712 g/mol. The van der Waals surface area contributed by atoms with Gasteiger partial charge in [-0.1, -0.05) is 164 Å². The summed E-state index contributed by atoms with van der Waals surface area (Å²) in [4.78, 5) is 2.37. The van der Waals surface area contributed by atoms with Crippen LogP contribution in [0.25, 0.3) is 82.1 Å². The lowest BCUT2D eigenvalue weighted by molar-refractivity contribution is 1.19. The molecule has 2 nitrogen and oxygen atoms in total. The standard InChI is InChI=1S/C54H36N2/c1-2-16-44(17-3-1)56-53-36-43(27-33-51(53)52-34-26-40-13-7-9-19-50(40)54(52)56)38-21-28-45(29-22-38)55(47-32-23-37-11-4-5-14-42(37)35-47)46-30-24-41(25-31-46)49-20-10-15-39-12-6-8-18-48(39)49/h1-36H. The maximum Gasteiger partial charge on any atom is 0.0619 e. The highest BCUT2D eigenvalue weighted by molar-refractivity contribution is 6.19. The Hall–Kier alpha value is -7.42. The number of aromatic nitrogens is 1. The summed E-state index contributed by atoms with van der Waals surface area (Å²) in [5.74, 6) is 0. The highest BCUT2D eigenvalue weighted by Crippen LogP contribution is 2.41. The molecular weight excluding hydrogens is 677 g/mol. The van der Waals surface area contributed by atoms with Crippen LogP contribution in [0, 0.1) is 0 Å². The fraction of sp³-hybridized carbons (Fsp3) is 0. The van der Waals surface area contributed by atoms with Gasteiger partial charge >= 0.3 is 0 Å². The quantitative estimate of drug-likeness (QED) is 0.167. The molecule has 0 amide bonds. The van der Waals surface area contributed by atoms with Gasteiger partial charge in [0.05, 0.1) is 11.0 Å². The fourth-order valence-electron chi connectivity index (χ4n) is 8.64. The Kier molecular flexibility index (Phi) is 7.53. The number of benzene rings is 10. The number of anilines is 3. The van der Waals surface area contributed by atoms with Crippen molar-refractivity contribution in [2.24, 2.45) is 0 Å². The van der Waals surface area contributed by atoms with Gasteiger partial charge in [0.1, 0.15) is 0 Å². The summed E-state index contributed by atoms with van der Waals surface area (Å²) < 4.78 is 2.44. The van der Waals surface area contributed by atoms with Crippen molar-refractivity contribution in [1.29, 1.82) is 0 Å². The van der Waals surface area contributed by atoms with Crippen LogP contribution in [0.3, 0.4) is 0 Å². The molecule has 0 spiro atoms. The maximum atomic E-state index is 2.44. The van der Waals surface area contributed by atoms with Gasteiger partial charge in [-0.15, -0.1) is 0 Å². The van der Waals surface area contributed by atoms with Gasteiger partial charge in [-0.25, -0.2) is 0 Å². The minimum Gasteiger partial charge on any atom is -0.310 e. The second kappa shape index (κ2) is 13.2. The Morgan fingerprint density at radius 3 is 1.62 bits per heavy atom. The predicted molar refractivity (Wildman–Crippen MR) is 239 cm³/mol. The molecule has 0 saturated carbocycles. The van der Waals surface area contributed by atoms with E-state index in [0.717, 1.165) is 22.7 Å². The Labute approximate surface area is 325 Å². The first-order valence-electron chi connectivity index (χ1n) is 19.3. The molecular formula is C54H36N2. The molecule has 0 N–H and O–H groups in total. The lowest BCUT2D eigenvalue weighted by Crippen LogP contribution is -2.09. The van der Waals surface area contributed by atoms with E-state index in [0.29, 0.717) is 0 Å². The van der Waals surface area contributed by atoms with Crippen molar-refractivity contribution in [3.05, 3.63) is 218 Å². The van der Waals surface area contributed by atoms with Gasteiger partial charge in [0, 0.05) is 38.9 Å². The van der Waals surface area contributed by atoms with Crippen LogP contribution in [0.2, 0.25) is 0 Å². The van der Waals surface area contributed by atoms with E-state index in [9.17, 15) is 0 Å². The largest absolute Gasteiger partial charge is 0.310 e. The van der Waals surface area contributed by atoms with E-state index in [1.54, 1.807) is 0 Å². The average molecular weight is 713 g/mol. The van der Waals surface area contributed by atoms with Gasteiger partial charge in [0.15, 0.2) is 0 Å². The topological polar surface area (TPSA) is 8.17 Å². The van der Waals surface area contributed by atoms with Crippen LogP contribution >= 0.6 is 0 Å². The summed E-state index contributed by atoms with van der Waals surface area (Å²) in [5.41, 5.74) is 11.8. The summed E-state index contributed by atoms with van der Waals surface area (Å²) in [6.45, 7) is 0. The normalized spacial score (nSPS) is 11.6. The molecule has 262 valence electrons. The van der Waals surface area contributed by atoms with E-state index >= 15 is 0 Å². The number of para-hydroxylation sites is 1. The van der Waals surface area contributed by atoms with Gasteiger partial charge in [-0.2, -0.15) is 0 Å². The van der Waals surface area contributed by atoms with Crippen LogP contribution in [0.15, 0.2) is 218 Å². The third-order valence-electron chi connectivity index (χ3n) is 11.3. The van der Waals surface area contributed by atoms with Crippen molar-refractivity contribution in [2.45, 2.75) is 0 Å². The van der Waals surface area contributed by atoms with Gasteiger partial charge in [0.25, 0.3) is 0 Å². The van der Waals surface area contributed by atoms with Crippen molar-refractivity contribution in [3.8, 4) is 27.9 Å². The fourth-order valence-corrected chi connectivity index (χ4v) is 8.64. The Morgan fingerprint density at radius 1 is 0.304 bits per heavy atom. The molecule has 11 rings (SSSR count). The summed E-state index contributed by atoms with van der Waals surface area (Å²) in [6.07, 6.45) is 0. The maximum absolute atomic E-state index is 2.44. The van der Waals surface area contributed by atoms with E-state index in [-0.39, 0.29) is 0 Å². The van der Waals surface area contributed by atoms with Crippen molar-refractivity contribution < 1.29 is 0 Å². The molecule has 0 aliphatic rings. The second-order valence-electron chi connectivity index (χ2n) is 14.6. The molecule has 2 heteroatoms. The summed E-state index contributed by atoms with van der Waals surface area (Å²) in [5, 5.41) is 9.99. The SMILES string of the molecule is c1ccc(-n2c3cc(-c4ccc(N(c5ccc(-c6cccc7ccccc67)cc5)c5ccc6ccccc6c5)cc4)ccc3c3ccc4ccccc4c32)cc1. The highest BCUT2D eigenvalue weighted by atomic mass is 15.1. The van der Waals surface area contributed by atoms with Crippen molar-refractivity contribution in [1.82, 2.24) is 4.57 Å². The minimum atomic E-state index is 1.10. The molecule has 0 fully saturated rings. The summed E-state index contributed by atoms with van der Waals surface area (Å²) >= 11 is 0. The first-order chi connectivity index (χ1) is 27.8. The molecule has 0 atom stereocenters. The number of fused-ring (bicyclic) bond motifs is 7. The smallest absolute Gasteiger partial charge is 0.0619 e. The van der Waals surface area contributed by atoms with Crippen LogP contribution in [0.5, 0.6) is 0 Å². The molecule has 11 aromatic rings. The second-order valence-corrected chi connectivity index (χ2v) is 14.6. The van der Waals surface area contributed by atoms with Crippen LogP contribution in [0.4, 0.5) is 17.1 Å². The molecule has 56 heavy (non-hydrogen) atoms. The van der Waals surface area contributed by atoms with E-state index in [1.807, 2.05) is 0 Å². The number of hydrogen-bond acceptors (Lipinski definition) is 1. The Bertz CT molecular complexity index is 3220. The molecule has 0 radical (unpaired) electrons. The molecule has 10 aromatic carbocycles. The molecule has 1 aromatic heterocycles. The summed E-state index contributed by atoms with van der Waals surface area (Å²) in [6, 6.07) is 79.5. The van der Waals surface area contributed by atoms with Crippen LogP contribution < -0.4 is 4.90 Å². The van der Waals surface area contributed by atoms with Gasteiger partial charge in [-0.05, 0) is 104 Å². The first-order valence-corrected chi connectivity index (χ1v) is 19.3. The lowest BCUT2D eigenvalue weighted by Gasteiger charge is -2.26. The Morgan fingerprint density at radius 2 is 0.857 bits per heavy atom. The average Bonchev–Trinajstić information content (AvgIpc) is 3.61. The van der Waals surface area contributed by atoms with Crippen molar-refractivity contribution in [3.63, 3.8) is 0 Å². The summed E-state index contributed by atoms with van der Waals surface area (Å²) in [7, 11) is 0. The van der Waals surface area contributed by atoms with Crippen LogP contribution in [0.1, 0.15) is 0 Å². The van der Waals surface area contributed by atoms with Crippen LogP contribution in [-0.4, -0.2) is 4.57 Å². The molecule has 0 unspecified atom stereocenters. The lowest BCUT2D eigenvalue weighted by atomic mass is 9.98. The van der Waals surface area contributed by atoms with Gasteiger partial charge < -0.3 is 9.47 Å². The number of hydrogen-bond donors (Lipinski definition) is 0. The zero-order chi connectivity index (χ0) is 37.0. The Balaban J connectivity index is 1.02. The van der Waals surface area contributed by atoms with Crippen molar-refractivity contribution >= 4 is 71.2 Å². The minimum absolute atomic E-state index is 1.10. The third-order valence-corrected chi connectivity index (χ3v) is 11.3. The van der Waals surface area contributed by atoms with Gasteiger partial charge in [-0.3, -0.25) is 0 Å². The molecule has 0 aliphatic carbocycles. The molecule has 0 aliphatic heterocycles. The van der Waals surface area contributed by atoms with Crippen LogP contribution in [-0.2, 0) is 0 Å². The third kappa shape index (κ3) is 5.34. The molecule has 0 saturated heterocycles. The van der Waals surface area contributed by atoms with E-state index < -0.39 is 0 Å². The van der Waals surface area contributed by atoms with Crippen molar-refractivity contribution in [2.75, 3.05) is 4.90 Å². The molecule has 1 heterocycles. The number of rotatable bonds is 6. The van der Waals surface area contributed by atoms with E-state index in [2.05, 4.69) is 228 Å².